The van der Waals surface area contributed by atoms with E-state index < -0.39 is 5.41 Å². The number of hydrazone groups is 1. The van der Waals surface area contributed by atoms with Crippen molar-refractivity contribution in [1.82, 2.24) is 14.9 Å². The summed E-state index contributed by atoms with van der Waals surface area (Å²) in [5.41, 5.74) is 2.12. The van der Waals surface area contributed by atoms with Crippen LogP contribution < -0.4 is 16.8 Å². The highest BCUT2D eigenvalue weighted by Gasteiger charge is 2.22. The smallest absolute Gasteiger partial charge is 0.295 e. The zero-order valence-electron chi connectivity index (χ0n) is 11.5. The van der Waals surface area contributed by atoms with Gasteiger partial charge in [0.05, 0.1) is 6.21 Å². The number of nitrogens with two attached hydrogens (primary N) is 1. The Morgan fingerprint density at radius 3 is 2.80 bits per heavy atom. The Morgan fingerprint density at radius 1 is 1.45 bits per heavy atom. The molecule has 0 saturated carbocycles. The molecule has 0 amide bonds. The second-order valence-electron chi connectivity index (χ2n) is 5.18. The minimum absolute atomic E-state index is 0.0933. The van der Waals surface area contributed by atoms with Gasteiger partial charge in [-0.3, -0.25) is 4.79 Å². The average Bonchev–Trinajstić information content (AvgIpc) is 2.86. The minimum Gasteiger partial charge on any atom is -0.333 e. The second-order valence-corrected chi connectivity index (χ2v) is 6.16. The molecule has 0 bridgehead atoms. The summed E-state index contributed by atoms with van der Waals surface area (Å²) in [6.45, 7) is 5.63. The van der Waals surface area contributed by atoms with Crippen molar-refractivity contribution in [3.63, 3.8) is 0 Å². The third-order valence-electron chi connectivity index (χ3n) is 2.50. The molecule has 0 unspecified atom stereocenters. The summed E-state index contributed by atoms with van der Waals surface area (Å²) in [4.78, 5) is 13.0. The number of hydrogen-bond donors (Lipinski definition) is 2. The van der Waals surface area contributed by atoms with Gasteiger partial charge >= 0.3 is 0 Å². The van der Waals surface area contributed by atoms with Crippen molar-refractivity contribution >= 4 is 23.5 Å². The zero-order chi connectivity index (χ0) is 14.8. The monoisotopic (exact) mass is 292 g/mol. The summed E-state index contributed by atoms with van der Waals surface area (Å²) in [7, 11) is 0. The molecular weight excluding hydrogens is 276 g/mol. The number of rotatable bonds is 3. The molecule has 0 aliphatic heterocycles. The molecule has 2 rings (SSSR count). The SMILES string of the molecule is CC(C)(C)c1nnc(N/N=C/c2cccs2)n(N)c1=O. The maximum Gasteiger partial charge on any atom is 0.295 e. The standard InChI is InChI=1S/C12H16N6OS/c1-12(2,3)9-10(19)18(13)11(17-15-9)16-14-7-8-5-4-6-20-8/h4-7H,13H2,1-3H3,(H,16,17)/b14-7+. The van der Waals surface area contributed by atoms with Crippen molar-refractivity contribution in [3.8, 4) is 0 Å². The molecule has 3 N–H and O–H groups in total. The fourth-order valence-corrected chi connectivity index (χ4v) is 2.05. The first-order chi connectivity index (χ1) is 9.39. The first kappa shape index (κ1) is 14.2. The minimum atomic E-state index is -0.413. The van der Waals surface area contributed by atoms with Crippen LogP contribution >= 0.6 is 11.3 Å². The predicted octanol–water partition coefficient (Wildman–Crippen LogP) is 1.16. The van der Waals surface area contributed by atoms with Crippen molar-refractivity contribution in [1.29, 1.82) is 0 Å². The fourth-order valence-electron chi connectivity index (χ4n) is 1.46. The Hall–Kier alpha value is -2.22. The third-order valence-corrected chi connectivity index (χ3v) is 3.31. The summed E-state index contributed by atoms with van der Waals surface area (Å²) in [6.07, 6.45) is 1.62. The number of hydrogen-bond acceptors (Lipinski definition) is 7. The lowest BCUT2D eigenvalue weighted by molar-refractivity contribution is 0.538. The first-order valence-electron chi connectivity index (χ1n) is 5.97. The molecule has 0 aliphatic rings. The van der Waals surface area contributed by atoms with E-state index in [0.29, 0.717) is 5.69 Å². The van der Waals surface area contributed by atoms with Gasteiger partial charge in [-0.25, -0.2) is 5.43 Å². The van der Waals surface area contributed by atoms with Crippen LogP contribution in [-0.2, 0) is 5.41 Å². The predicted molar refractivity (Wildman–Crippen MR) is 80.7 cm³/mol. The summed E-state index contributed by atoms with van der Waals surface area (Å²) in [5.74, 6) is 5.80. The van der Waals surface area contributed by atoms with Crippen molar-refractivity contribution in [2.75, 3.05) is 11.3 Å². The van der Waals surface area contributed by atoms with E-state index in [1.165, 1.54) is 0 Å². The maximum atomic E-state index is 12.1. The molecule has 0 fully saturated rings. The molecule has 0 spiro atoms. The van der Waals surface area contributed by atoms with E-state index in [9.17, 15) is 4.79 Å². The Bertz CT molecular complexity index is 668. The van der Waals surface area contributed by atoms with Crippen LogP contribution in [0.3, 0.4) is 0 Å². The second kappa shape index (κ2) is 5.41. The van der Waals surface area contributed by atoms with Gasteiger partial charge in [-0.15, -0.1) is 21.5 Å². The Kier molecular flexibility index (Phi) is 3.84. The summed E-state index contributed by atoms with van der Waals surface area (Å²) in [5, 5.41) is 13.7. The van der Waals surface area contributed by atoms with Crippen molar-refractivity contribution in [3.05, 3.63) is 38.4 Å². The van der Waals surface area contributed by atoms with Gasteiger partial charge in [0.25, 0.3) is 11.5 Å². The molecule has 2 aromatic heterocycles. The van der Waals surface area contributed by atoms with E-state index in [-0.39, 0.29) is 11.5 Å². The van der Waals surface area contributed by atoms with E-state index >= 15 is 0 Å². The summed E-state index contributed by atoms with van der Waals surface area (Å²) < 4.78 is 0.916. The van der Waals surface area contributed by atoms with E-state index in [0.717, 1.165) is 9.55 Å². The van der Waals surface area contributed by atoms with Crippen LogP contribution in [0.4, 0.5) is 5.95 Å². The molecule has 20 heavy (non-hydrogen) atoms. The first-order valence-corrected chi connectivity index (χ1v) is 6.85. The molecule has 2 heterocycles. The van der Waals surface area contributed by atoms with Gasteiger partial charge in [-0.2, -0.15) is 9.78 Å². The molecule has 2 aromatic rings. The van der Waals surface area contributed by atoms with E-state index in [2.05, 4.69) is 20.7 Å². The summed E-state index contributed by atoms with van der Waals surface area (Å²) >= 11 is 1.55. The molecule has 8 heteroatoms. The van der Waals surface area contributed by atoms with Crippen LogP contribution in [0, 0.1) is 0 Å². The van der Waals surface area contributed by atoms with Gasteiger partial charge in [0, 0.05) is 10.3 Å². The van der Waals surface area contributed by atoms with Crippen molar-refractivity contribution < 1.29 is 0 Å². The number of nitrogens with zero attached hydrogens (tertiary/aromatic N) is 4. The van der Waals surface area contributed by atoms with Crippen LogP contribution in [0.1, 0.15) is 31.3 Å². The number of anilines is 1. The lowest BCUT2D eigenvalue weighted by Gasteiger charge is -2.16. The fraction of sp³-hybridized carbons (Fsp3) is 0.333. The highest BCUT2D eigenvalue weighted by atomic mass is 32.1. The van der Waals surface area contributed by atoms with Crippen LogP contribution in [0.25, 0.3) is 0 Å². The van der Waals surface area contributed by atoms with Gasteiger partial charge in [-0.05, 0) is 11.4 Å². The van der Waals surface area contributed by atoms with Gasteiger partial charge in [0.1, 0.15) is 5.69 Å². The number of thiophene rings is 1. The number of nitrogen functional groups attached to an aromatic ring is 1. The number of nitrogens with one attached hydrogen (secondary N) is 1. The topological polar surface area (TPSA) is 98.2 Å². The molecular formula is C12H16N6OS. The van der Waals surface area contributed by atoms with Crippen LogP contribution in [0.5, 0.6) is 0 Å². The molecule has 7 nitrogen and oxygen atoms in total. The molecule has 0 atom stereocenters. The van der Waals surface area contributed by atoms with Gasteiger partial charge < -0.3 is 5.84 Å². The average molecular weight is 292 g/mol. The van der Waals surface area contributed by atoms with Gasteiger partial charge in [0.2, 0.25) is 0 Å². The Morgan fingerprint density at radius 2 is 2.20 bits per heavy atom. The number of aromatic nitrogens is 3. The molecule has 0 saturated heterocycles. The van der Waals surface area contributed by atoms with Crippen LogP contribution in [0.15, 0.2) is 27.4 Å². The normalized spacial score (nSPS) is 11.9. The molecule has 106 valence electrons. The Labute approximate surface area is 120 Å². The highest BCUT2D eigenvalue weighted by Crippen LogP contribution is 2.15. The summed E-state index contributed by atoms with van der Waals surface area (Å²) in [6, 6.07) is 3.84. The Balaban J connectivity index is 2.22. The van der Waals surface area contributed by atoms with Gasteiger partial charge in [-0.1, -0.05) is 26.8 Å². The van der Waals surface area contributed by atoms with E-state index in [4.69, 9.17) is 5.84 Å². The third kappa shape index (κ3) is 3.02. The van der Waals surface area contributed by atoms with Crippen LogP contribution in [0.2, 0.25) is 0 Å². The quantitative estimate of drug-likeness (QED) is 0.502. The lowest BCUT2D eigenvalue weighted by Crippen LogP contribution is -2.38. The van der Waals surface area contributed by atoms with Gasteiger partial charge in [0.15, 0.2) is 0 Å². The lowest BCUT2D eigenvalue weighted by atomic mass is 9.93. The van der Waals surface area contributed by atoms with E-state index in [1.54, 1.807) is 17.6 Å². The molecule has 0 aromatic carbocycles. The molecule has 0 radical (unpaired) electrons. The largest absolute Gasteiger partial charge is 0.333 e. The zero-order valence-corrected chi connectivity index (χ0v) is 12.3. The highest BCUT2D eigenvalue weighted by molar-refractivity contribution is 7.11. The molecule has 0 aliphatic carbocycles. The van der Waals surface area contributed by atoms with Crippen molar-refractivity contribution in [2.24, 2.45) is 5.10 Å². The maximum absolute atomic E-state index is 12.1. The van der Waals surface area contributed by atoms with E-state index in [1.807, 2.05) is 38.3 Å². The van der Waals surface area contributed by atoms with Crippen molar-refractivity contribution in [2.45, 2.75) is 26.2 Å². The van der Waals surface area contributed by atoms with Crippen LogP contribution in [-0.4, -0.2) is 21.1 Å².